The van der Waals surface area contributed by atoms with Gasteiger partial charge >= 0.3 is 0 Å². The van der Waals surface area contributed by atoms with E-state index in [1.165, 1.54) is 18.3 Å². The molecule has 0 saturated carbocycles. The highest BCUT2D eigenvalue weighted by Gasteiger charge is 2.10. The Labute approximate surface area is 170 Å². The highest BCUT2D eigenvalue weighted by Crippen LogP contribution is 2.29. The highest BCUT2D eigenvalue weighted by atomic mass is 35.5. The van der Waals surface area contributed by atoms with E-state index in [2.05, 4.69) is 15.6 Å². The van der Waals surface area contributed by atoms with Crippen LogP contribution in [0.3, 0.4) is 0 Å². The van der Waals surface area contributed by atoms with Crippen LogP contribution < -0.4 is 5.43 Å². The van der Waals surface area contributed by atoms with Crippen molar-refractivity contribution in [3.8, 4) is 5.75 Å². The summed E-state index contributed by atoms with van der Waals surface area (Å²) in [5.74, 6) is -0.667. The number of hydrazone groups is 1. The molecule has 0 aliphatic rings. The van der Waals surface area contributed by atoms with E-state index in [1.807, 2.05) is 12.1 Å². The molecule has 0 spiro atoms. The summed E-state index contributed by atoms with van der Waals surface area (Å²) in [6, 6.07) is 11.8. The van der Waals surface area contributed by atoms with Crippen molar-refractivity contribution in [1.82, 2.24) is 15.2 Å². The number of aromatic nitrogens is 2. The number of halogens is 3. The van der Waals surface area contributed by atoms with E-state index in [0.29, 0.717) is 16.6 Å². The second kappa shape index (κ2) is 8.43. The lowest BCUT2D eigenvalue weighted by Gasteiger charge is -2.03. The Balaban J connectivity index is 1.63. The summed E-state index contributed by atoms with van der Waals surface area (Å²) >= 11 is 17.6. The predicted molar refractivity (Wildman–Crippen MR) is 106 cm³/mol. The molecule has 3 aromatic rings. The van der Waals surface area contributed by atoms with Gasteiger partial charge < -0.3 is 5.11 Å². The zero-order valence-electron chi connectivity index (χ0n) is 13.7. The maximum absolute atomic E-state index is 12.1. The second-order valence-corrected chi connectivity index (χ2v) is 6.83. The van der Waals surface area contributed by atoms with Crippen molar-refractivity contribution in [3.63, 3.8) is 0 Å². The average molecular weight is 424 g/mol. The molecule has 138 valence electrons. The Morgan fingerprint density at radius 3 is 2.63 bits per heavy atom. The van der Waals surface area contributed by atoms with Gasteiger partial charge in [-0.1, -0.05) is 46.9 Å². The maximum Gasteiger partial charge on any atom is 0.291 e. The molecule has 0 aliphatic carbocycles. The largest absolute Gasteiger partial charge is 0.506 e. The molecule has 3 rings (SSSR count). The minimum atomic E-state index is -0.492. The Morgan fingerprint density at radius 1 is 1.15 bits per heavy atom. The van der Waals surface area contributed by atoms with Crippen LogP contribution in [0.1, 0.15) is 21.6 Å². The van der Waals surface area contributed by atoms with Crippen molar-refractivity contribution in [2.45, 2.75) is 6.54 Å². The smallest absolute Gasteiger partial charge is 0.291 e. The molecule has 2 aromatic carbocycles. The van der Waals surface area contributed by atoms with Crippen molar-refractivity contribution in [3.05, 3.63) is 80.6 Å². The van der Waals surface area contributed by atoms with Crippen LogP contribution in [-0.4, -0.2) is 27.0 Å². The molecule has 0 aliphatic heterocycles. The number of carbonyl (C=O) groups is 1. The van der Waals surface area contributed by atoms with Gasteiger partial charge in [0.2, 0.25) is 0 Å². The SMILES string of the molecule is O=C(N/N=C\c1cc(Cl)cc(Cl)c1O)c1ccn(Cc2ccc(Cl)cc2)n1. The fourth-order valence-corrected chi connectivity index (χ4v) is 2.88. The van der Waals surface area contributed by atoms with Gasteiger partial charge in [-0.05, 0) is 35.9 Å². The van der Waals surface area contributed by atoms with E-state index in [9.17, 15) is 9.90 Å². The van der Waals surface area contributed by atoms with Gasteiger partial charge in [0, 0.05) is 21.8 Å². The maximum atomic E-state index is 12.1. The third kappa shape index (κ3) is 5.01. The van der Waals surface area contributed by atoms with Crippen molar-refractivity contribution in [1.29, 1.82) is 0 Å². The van der Waals surface area contributed by atoms with Crippen LogP contribution in [0, 0.1) is 0 Å². The molecule has 1 amide bonds. The Kier molecular flexibility index (Phi) is 6.01. The second-order valence-electron chi connectivity index (χ2n) is 5.55. The van der Waals surface area contributed by atoms with Gasteiger partial charge in [0.25, 0.3) is 5.91 Å². The number of nitrogens with zero attached hydrogens (tertiary/aromatic N) is 3. The third-order valence-electron chi connectivity index (χ3n) is 3.56. The van der Waals surface area contributed by atoms with Crippen LogP contribution in [-0.2, 0) is 6.54 Å². The van der Waals surface area contributed by atoms with Crippen LogP contribution in [0.2, 0.25) is 15.1 Å². The van der Waals surface area contributed by atoms with Crippen LogP contribution in [0.4, 0.5) is 0 Å². The zero-order valence-corrected chi connectivity index (χ0v) is 16.0. The number of aromatic hydroxyl groups is 1. The van der Waals surface area contributed by atoms with E-state index in [4.69, 9.17) is 34.8 Å². The Hall–Kier alpha value is -2.54. The number of hydrogen-bond acceptors (Lipinski definition) is 4. The molecule has 2 N–H and O–H groups in total. The summed E-state index contributed by atoms with van der Waals surface area (Å²) in [6.45, 7) is 0.503. The molecule has 27 heavy (non-hydrogen) atoms. The molecule has 6 nitrogen and oxygen atoms in total. The summed E-state index contributed by atoms with van der Waals surface area (Å²) in [5.41, 5.74) is 3.82. The number of phenolic OH excluding ortho intramolecular Hbond substituents is 1. The Morgan fingerprint density at radius 2 is 1.89 bits per heavy atom. The van der Waals surface area contributed by atoms with E-state index < -0.39 is 5.91 Å². The van der Waals surface area contributed by atoms with E-state index in [-0.39, 0.29) is 22.0 Å². The summed E-state index contributed by atoms with van der Waals surface area (Å²) in [6.07, 6.45) is 2.94. The predicted octanol–water partition coefficient (Wildman–Crippen LogP) is 4.36. The lowest BCUT2D eigenvalue weighted by atomic mass is 10.2. The number of carbonyl (C=O) groups excluding carboxylic acids is 1. The number of hydrogen-bond donors (Lipinski definition) is 2. The summed E-state index contributed by atoms with van der Waals surface area (Å²) in [4.78, 5) is 12.1. The number of nitrogens with one attached hydrogen (secondary N) is 1. The normalized spacial score (nSPS) is 11.1. The summed E-state index contributed by atoms with van der Waals surface area (Å²) in [5, 5.41) is 18.9. The van der Waals surface area contributed by atoms with Gasteiger partial charge in [-0.3, -0.25) is 9.48 Å². The van der Waals surface area contributed by atoms with Crippen LogP contribution in [0.15, 0.2) is 53.8 Å². The number of amides is 1. The number of benzene rings is 2. The topological polar surface area (TPSA) is 79.5 Å². The molecule has 0 saturated heterocycles. The van der Waals surface area contributed by atoms with Gasteiger partial charge in [0.1, 0.15) is 5.75 Å². The minimum Gasteiger partial charge on any atom is -0.506 e. The molecule has 0 bridgehead atoms. The molecule has 0 fully saturated rings. The summed E-state index contributed by atoms with van der Waals surface area (Å²) in [7, 11) is 0. The van der Waals surface area contributed by atoms with Crippen LogP contribution >= 0.6 is 34.8 Å². The van der Waals surface area contributed by atoms with Gasteiger partial charge in [0.15, 0.2) is 5.69 Å². The summed E-state index contributed by atoms with van der Waals surface area (Å²) < 4.78 is 1.63. The van der Waals surface area contributed by atoms with Gasteiger partial charge in [-0.2, -0.15) is 10.2 Å². The molecule has 9 heteroatoms. The zero-order chi connectivity index (χ0) is 19.4. The quantitative estimate of drug-likeness (QED) is 0.473. The first-order valence-corrected chi connectivity index (χ1v) is 8.85. The van der Waals surface area contributed by atoms with Crippen molar-refractivity contribution in [2.75, 3.05) is 0 Å². The number of rotatable bonds is 5. The molecule has 1 aromatic heterocycles. The molecule has 1 heterocycles. The Bertz CT molecular complexity index is 1000. The molecule has 0 atom stereocenters. The lowest BCUT2D eigenvalue weighted by Crippen LogP contribution is -2.18. The van der Waals surface area contributed by atoms with Gasteiger partial charge in [-0.25, -0.2) is 5.43 Å². The standard InChI is InChI=1S/C18H13Cl3N4O2/c19-13-3-1-11(2-4-13)10-25-6-5-16(24-25)18(27)23-22-9-12-7-14(20)8-15(21)17(12)26/h1-9,26H,10H2,(H,23,27)/b22-9-. The molecule has 0 radical (unpaired) electrons. The van der Waals surface area contributed by atoms with Crippen LogP contribution in [0.5, 0.6) is 5.75 Å². The first-order valence-electron chi connectivity index (χ1n) is 7.71. The molecular formula is C18H13Cl3N4O2. The first-order chi connectivity index (χ1) is 12.9. The lowest BCUT2D eigenvalue weighted by molar-refractivity contribution is 0.0949. The highest BCUT2D eigenvalue weighted by molar-refractivity contribution is 6.36. The fraction of sp³-hybridized carbons (Fsp3) is 0.0556. The molecule has 0 unspecified atom stereocenters. The van der Waals surface area contributed by atoms with Gasteiger partial charge in [-0.15, -0.1) is 0 Å². The van der Waals surface area contributed by atoms with E-state index in [1.54, 1.807) is 29.1 Å². The van der Waals surface area contributed by atoms with E-state index >= 15 is 0 Å². The minimum absolute atomic E-state index is 0.0937. The average Bonchev–Trinajstić information content (AvgIpc) is 3.09. The van der Waals surface area contributed by atoms with Gasteiger partial charge in [0.05, 0.1) is 17.8 Å². The molecular weight excluding hydrogens is 411 g/mol. The van der Waals surface area contributed by atoms with Crippen LogP contribution in [0.25, 0.3) is 0 Å². The monoisotopic (exact) mass is 422 g/mol. The van der Waals surface area contributed by atoms with Crippen molar-refractivity contribution in [2.24, 2.45) is 5.10 Å². The number of phenols is 1. The third-order valence-corrected chi connectivity index (χ3v) is 4.32. The first kappa shape index (κ1) is 19.2. The van der Waals surface area contributed by atoms with Crippen molar-refractivity contribution < 1.29 is 9.90 Å². The van der Waals surface area contributed by atoms with E-state index in [0.717, 1.165) is 5.56 Å². The van der Waals surface area contributed by atoms with Crippen molar-refractivity contribution >= 4 is 46.9 Å². The fourth-order valence-electron chi connectivity index (χ4n) is 2.25.